The van der Waals surface area contributed by atoms with Gasteiger partial charge in [-0.15, -0.1) is 5.10 Å². The SMILES string of the molecule is Cn1nnc(Br)c1C(=O)c1cc(Cl)cc(Br)c1. The largest absolute Gasteiger partial charge is 0.287 e. The summed E-state index contributed by atoms with van der Waals surface area (Å²) in [6.45, 7) is 0. The van der Waals surface area contributed by atoms with Crippen LogP contribution in [-0.2, 0) is 7.05 Å². The molecule has 88 valence electrons. The summed E-state index contributed by atoms with van der Waals surface area (Å²) < 4.78 is 2.59. The van der Waals surface area contributed by atoms with Crippen LogP contribution < -0.4 is 0 Å². The molecule has 0 bridgehead atoms. The molecule has 1 aromatic heterocycles. The zero-order chi connectivity index (χ0) is 12.6. The second-order valence-electron chi connectivity index (χ2n) is 3.34. The summed E-state index contributed by atoms with van der Waals surface area (Å²) in [5.41, 5.74) is 0.870. The van der Waals surface area contributed by atoms with Gasteiger partial charge < -0.3 is 0 Å². The first kappa shape index (κ1) is 12.7. The van der Waals surface area contributed by atoms with Crippen LogP contribution in [0.5, 0.6) is 0 Å². The van der Waals surface area contributed by atoms with Gasteiger partial charge in [-0.3, -0.25) is 4.79 Å². The van der Waals surface area contributed by atoms with Crippen molar-refractivity contribution < 1.29 is 4.79 Å². The number of benzene rings is 1. The maximum atomic E-state index is 12.2. The highest BCUT2D eigenvalue weighted by Crippen LogP contribution is 2.23. The van der Waals surface area contributed by atoms with Crippen LogP contribution >= 0.6 is 43.5 Å². The Balaban J connectivity index is 2.51. The Morgan fingerprint density at radius 1 is 1.35 bits per heavy atom. The Hall–Kier alpha value is -0.720. The first-order chi connectivity index (χ1) is 7.99. The van der Waals surface area contributed by atoms with Crippen LogP contribution in [-0.4, -0.2) is 20.8 Å². The Kier molecular flexibility index (Phi) is 3.65. The van der Waals surface area contributed by atoms with Crippen LogP contribution in [0.25, 0.3) is 0 Å². The summed E-state index contributed by atoms with van der Waals surface area (Å²) >= 11 is 12.4. The third-order valence-electron chi connectivity index (χ3n) is 2.13. The lowest BCUT2D eigenvalue weighted by Gasteiger charge is -2.03. The molecule has 0 aliphatic heterocycles. The van der Waals surface area contributed by atoms with Gasteiger partial charge >= 0.3 is 0 Å². The average Bonchev–Trinajstić information content (AvgIpc) is 2.56. The van der Waals surface area contributed by atoms with Crippen molar-refractivity contribution in [3.05, 3.63) is 43.6 Å². The fraction of sp³-hybridized carbons (Fsp3) is 0.100. The molecule has 2 aromatic rings. The Labute approximate surface area is 119 Å². The van der Waals surface area contributed by atoms with Crippen LogP contribution in [0, 0.1) is 0 Å². The summed E-state index contributed by atoms with van der Waals surface area (Å²) in [5.74, 6) is -0.187. The van der Waals surface area contributed by atoms with E-state index in [0.717, 1.165) is 4.47 Å². The number of carbonyl (C=O) groups excluding carboxylic acids is 1. The van der Waals surface area contributed by atoms with E-state index in [4.69, 9.17) is 11.6 Å². The molecule has 0 aliphatic rings. The second kappa shape index (κ2) is 4.88. The zero-order valence-corrected chi connectivity index (χ0v) is 12.5. The highest BCUT2D eigenvalue weighted by Gasteiger charge is 2.19. The lowest BCUT2D eigenvalue weighted by Crippen LogP contribution is -2.09. The minimum absolute atomic E-state index is 0.187. The van der Waals surface area contributed by atoms with Gasteiger partial charge in [0.05, 0.1) is 0 Å². The van der Waals surface area contributed by atoms with Crippen molar-refractivity contribution in [3.63, 3.8) is 0 Å². The van der Waals surface area contributed by atoms with Gasteiger partial charge in [-0.1, -0.05) is 32.7 Å². The zero-order valence-electron chi connectivity index (χ0n) is 8.62. The van der Waals surface area contributed by atoms with E-state index in [9.17, 15) is 4.79 Å². The standard InChI is InChI=1S/C10H6Br2ClN3O/c1-16-8(10(12)14-15-16)9(17)5-2-6(11)4-7(13)3-5/h2-4H,1H3. The third kappa shape index (κ3) is 2.59. The fourth-order valence-corrected chi connectivity index (χ4v) is 2.76. The molecule has 0 N–H and O–H groups in total. The summed E-state index contributed by atoms with van der Waals surface area (Å²) in [6, 6.07) is 5.02. The van der Waals surface area contributed by atoms with Crippen molar-refractivity contribution in [2.45, 2.75) is 0 Å². The predicted octanol–water partition coefficient (Wildman–Crippen LogP) is 3.22. The van der Waals surface area contributed by atoms with E-state index in [0.29, 0.717) is 20.9 Å². The highest BCUT2D eigenvalue weighted by molar-refractivity contribution is 9.10. The van der Waals surface area contributed by atoms with Gasteiger partial charge in [-0.25, -0.2) is 4.68 Å². The fourth-order valence-electron chi connectivity index (χ4n) is 1.39. The Morgan fingerprint density at radius 2 is 2.06 bits per heavy atom. The molecule has 0 saturated carbocycles. The first-order valence-electron chi connectivity index (χ1n) is 4.55. The molecule has 0 atom stereocenters. The molecule has 2 rings (SSSR count). The molecule has 0 radical (unpaired) electrons. The lowest BCUT2D eigenvalue weighted by molar-refractivity contribution is 0.102. The van der Waals surface area contributed by atoms with E-state index in [-0.39, 0.29) is 5.78 Å². The van der Waals surface area contributed by atoms with Gasteiger partial charge in [0.15, 0.2) is 4.60 Å². The van der Waals surface area contributed by atoms with Crippen molar-refractivity contribution in [1.29, 1.82) is 0 Å². The summed E-state index contributed by atoms with van der Waals surface area (Å²) in [6.07, 6.45) is 0. The van der Waals surface area contributed by atoms with Gasteiger partial charge in [0.25, 0.3) is 0 Å². The van der Waals surface area contributed by atoms with Crippen molar-refractivity contribution >= 4 is 49.2 Å². The summed E-state index contributed by atoms with van der Waals surface area (Å²) in [7, 11) is 1.66. The van der Waals surface area contributed by atoms with Crippen molar-refractivity contribution in [3.8, 4) is 0 Å². The molecule has 0 fully saturated rings. The molecule has 1 aromatic carbocycles. The van der Waals surface area contributed by atoms with E-state index in [1.165, 1.54) is 4.68 Å². The maximum Gasteiger partial charge on any atom is 0.213 e. The minimum atomic E-state index is -0.187. The molecule has 7 heteroatoms. The molecule has 0 saturated heterocycles. The molecule has 17 heavy (non-hydrogen) atoms. The highest BCUT2D eigenvalue weighted by atomic mass is 79.9. The van der Waals surface area contributed by atoms with Gasteiger partial charge in [0.2, 0.25) is 5.78 Å². The van der Waals surface area contributed by atoms with E-state index < -0.39 is 0 Å². The Bertz CT molecular complexity index is 557. The Morgan fingerprint density at radius 3 is 2.59 bits per heavy atom. The van der Waals surface area contributed by atoms with Gasteiger partial charge in [-0.05, 0) is 34.1 Å². The molecule has 0 spiro atoms. The first-order valence-corrected chi connectivity index (χ1v) is 6.51. The third-order valence-corrected chi connectivity index (χ3v) is 3.34. The molecular weight excluding hydrogens is 373 g/mol. The van der Waals surface area contributed by atoms with Crippen LogP contribution in [0.15, 0.2) is 27.3 Å². The van der Waals surface area contributed by atoms with Crippen LogP contribution in [0.1, 0.15) is 16.1 Å². The van der Waals surface area contributed by atoms with Crippen molar-refractivity contribution in [2.24, 2.45) is 7.05 Å². The van der Waals surface area contributed by atoms with Crippen LogP contribution in [0.2, 0.25) is 5.02 Å². The quantitative estimate of drug-likeness (QED) is 0.753. The number of hydrogen-bond donors (Lipinski definition) is 0. The maximum absolute atomic E-state index is 12.2. The molecular formula is C10H6Br2ClN3O. The second-order valence-corrected chi connectivity index (χ2v) is 5.44. The number of ketones is 1. The van der Waals surface area contributed by atoms with E-state index in [2.05, 4.69) is 42.2 Å². The average molecular weight is 379 g/mol. The van der Waals surface area contributed by atoms with Gasteiger partial charge in [0, 0.05) is 22.1 Å². The van der Waals surface area contributed by atoms with Crippen molar-refractivity contribution in [1.82, 2.24) is 15.0 Å². The smallest absolute Gasteiger partial charge is 0.213 e. The number of aromatic nitrogens is 3. The predicted molar refractivity (Wildman–Crippen MR) is 71.3 cm³/mol. The summed E-state index contributed by atoms with van der Waals surface area (Å²) in [4.78, 5) is 12.2. The number of aryl methyl sites for hydroxylation is 1. The molecule has 4 nitrogen and oxygen atoms in total. The number of nitrogens with zero attached hydrogens (tertiary/aromatic N) is 3. The molecule has 0 unspecified atom stereocenters. The van der Waals surface area contributed by atoms with Gasteiger partial charge in [0.1, 0.15) is 5.69 Å². The topological polar surface area (TPSA) is 47.8 Å². The number of hydrogen-bond acceptors (Lipinski definition) is 3. The van der Waals surface area contributed by atoms with E-state index in [1.807, 2.05) is 0 Å². The van der Waals surface area contributed by atoms with E-state index in [1.54, 1.807) is 25.2 Å². The number of rotatable bonds is 2. The van der Waals surface area contributed by atoms with Gasteiger partial charge in [-0.2, -0.15) is 0 Å². The normalized spacial score (nSPS) is 10.6. The summed E-state index contributed by atoms with van der Waals surface area (Å²) in [5, 5.41) is 8.03. The molecule has 1 heterocycles. The van der Waals surface area contributed by atoms with Crippen molar-refractivity contribution in [2.75, 3.05) is 0 Å². The van der Waals surface area contributed by atoms with Crippen LogP contribution in [0.4, 0.5) is 0 Å². The minimum Gasteiger partial charge on any atom is -0.287 e. The number of carbonyl (C=O) groups is 1. The number of halogens is 3. The molecule has 0 amide bonds. The molecule has 0 aliphatic carbocycles. The lowest BCUT2D eigenvalue weighted by atomic mass is 10.1. The van der Waals surface area contributed by atoms with E-state index >= 15 is 0 Å². The van der Waals surface area contributed by atoms with Crippen LogP contribution in [0.3, 0.4) is 0 Å². The monoisotopic (exact) mass is 377 g/mol.